The van der Waals surface area contributed by atoms with Gasteiger partial charge in [0.1, 0.15) is 0 Å². The van der Waals surface area contributed by atoms with Gasteiger partial charge in [-0.05, 0) is 42.7 Å². The fourth-order valence-corrected chi connectivity index (χ4v) is 3.23. The van der Waals surface area contributed by atoms with Crippen LogP contribution in [0.1, 0.15) is 30.1 Å². The first kappa shape index (κ1) is 14.4. The van der Waals surface area contributed by atoms with E-state index in [1.807, 2.05) is 30.5 Å². The molecule has 0 heterocycles. The number of ketones is 1. The summed E-state index contributed by atoms with van der Waals surface area (Å²) in [5.41, 5.74) is 1.73. The predicted molar refractivity (Wildman–Crippen MR) is 89.7 cm³/mol. The van der Waals surface area contributed by atoms with Crippen LogP contribution in [0.2, 0.25) is 0 Å². The Morgan fingerprint density at radius 1 is 1.19 bits per heavy atom. The number of carbonyl (C=O) groups excluding carboxylic acids is 1. The minimum atomic E-state index is -0.272. The zero-order valence-electron chi connectivity index (χ0n) is 12.5. The highest BCUT2D eigenvalue weighted by molar-refractivity contribution is 7.98. The van der Waals surface area contributed by atoms with Crippen LogP contribution in [0.4, 0.5) is 0 Å². The van der Waals surface area contributed by atoms with Crippen molar-refractivity contribution in [3.63, 3.8) is 0 Å². The number of benzene rings is 1. The Hall–Kier alpha value is -1.54. The Balaban J connectivity index is 1.88. The molecule has 1 aromatic rings. The SMILES string of the molecule is CSc1ccc(C(=O)C2(C3=CC=CC(C)C=C3)CC2)cc1. The first-order chi connectivity index (χ1) is 10.2. The Bertz CT molecular complexity index is 630. The van der Waals surface area contributed by atoms with Crippen molar-refractivity contribution >= 4 is 17.5 Å². The van der Waals surface area contributed by atoms with Gasteiger partial charge < -0.3 is 0 Å². The molecular weight excluding hydrogens is 276 g/mol. The minimum Gasteiger partial charge on any atom is -0.293 e. The third-order valence-corrected chi connectivity index (χ3v) is 5.10. The van der Waals surface area contributed by atoms with Gasteiger partial charge in [0, 0.05) is 10.5 Å². The lowest BCUT2D eigenvalue weighted by Gasteiger charge is -2.15. The van der Waals surface area contributed by atoms with Crippen LogP contribution in [0, 0.1) is 11.3 Å². The molecule has 1 aromatic carbocycles. The van der Waals surface area contributed by atoms with Crippen LogP contribution in [-0.2, 0) is 0 Å². The molecule has 0 saturated heterocycles. The summed E-state index contributed by atoms with van der Waals surface area (Å²) in [7, 11) is 0. The molecule has 0 radical (unpaired) electrons. The zero-order valence-corrected chi connectivity index (χ0v) is 13.3. The van der Waals surface area contributed by atoms with E-state index in [2.05, 4.69) is 37.3 Å². The number of hydrogen-bond acceptors (Lipinski definition) is 2. The molecule has 2 heteroatoms. The molecule has 1 atom stereocenters. The van der Waals surface area contributed by atoms with Crippen LogP contribution in [0.5, 0.6) is 0 Å². The molecule has 0 spiro atoms. The van der Waals surface area contributed by atoms with Crippen molar-refractivity contribution in [2.75, 3.05) is 6.26 Å². The van der Waals surface area contributed by atoms with Gasteiger partial charge in [-0.15, -0.1) is 11.8 Å². The highest BCUT2D eigenvalue weighted by Gasteiger charge is 2.51. The van der Waals surface area contributed by atoms with Gasteiger partial charge in [0.25, 0.3) is 0 Å². The molecule has 1 nitrogen and oxygen atoms in total. The van der Waals surface area contributed by atoms with E-state index < -0.39 is 0 Å². The fourth-order valence-electron chi connectivity index (χ4n) is 2.82. The van der Waals surface area contributed by atoms with Crippen molar-refractivity contribution in [2.45, 2.75) is 24.7 Å². The summed E-state index contributed by atoms with van der Waals surface area (Å²) in [6.07, 6.45) is 14.7. The molecule has 108 valence electrons. The highest BCUT2D eigenvalue weighted by Crippen LogP contribution is 2.55. The smallest absolute Gasteiger partial charge is 0.173 e. The van der Waals surface area contributed by atoms with E-state index in [-0.39, 0.29) is 11.2 Å². The Kier molecular flexibility index (Phi) is 3.90. The van der Waals surface area contributed by atoms with Gasteiger partial charge in [0.2, 0.25) is 0 Å². The zero-order chi connectivity index (χ0) is 14.9. The van der Waals surface area contributed by atoms with E-state index in [4.69, 9.17) is 0 Å². The van der Waals surface area contributed by atoms with Crippen molar-refractivity contribution in [2.24, 2.45) is 11.3 Å². The molecule has 0 amide bonds. The summed E-state index contributed by atoms with van der Waals surface area (Å²) in [5.74, 6) is 0.708. The van der Waals surface area contributed by atoms with Crippen LogP contribution >= 0.6 is 11.8 Å². The summed E-state index contributed by atoms with van der Waals surface area (Å²) in [6, 6.07) is 8.00. The van der Waals surface area contributed by atoms with Gasteiger partial charge >= 0.3 is 0 Å². The summed E-state index contributed by atoms with van der Waals surface area (Å²) >= 11 is 1.70. The number of thioether (sulfide) groups is 1. The molecule has 3 rings (SSSR count). The van der Waals surface area contributed by atoms with E-state index in [1.165, 1.54) is 10.5 Å². The first-order valence-electron chi connectivity index (χ1n) is 7.42. The third-order valence-electron chi connectivity index (χ3n) is 4.36. The quantitative estimate of drug-likeness (QED) is 0.570. The summed E-state index contributed by atoms with van der Waals surface area (Å²) in [4.78, 5) is 14.1. The lowest BCUT2D eigenvalue weighted by atomic mass is 9.86. The van der Waals surface area contributed by atoms with E-state index in [0.717, 1.165) is 18.4 Å². The third kappa shape index (κ3) is 2.77. The van der Waals surface area contributed by atoms with Crippen LogP contribution in [0.15, 0.2) is 65.1 Å². The van der Waals surface area contributed by atoms with E-state index in [1.54, 1.807) is 11.8 Å². The molecule has 0 aromatic heterocycles. The van der Waals surface area contributed by atoms with Gasteiger partial charge in [0.15, 0.2) is 5.78 Å². The Morgan fingerprint density at radius 2 is 1.90 bits per heavy atom. The monoisotopic (exact) mass is 296 g/mol. The van der Waals surface area contributed by atoms with Gasteiger partial charge in [0.05, 0.1) is 5.41 Å². The molecule has 2 aliphatic rings. The van der Waals surface area contributed by atoms with Crippen molar-refractivity contribution in [3.05, 3.63) is 65.8 Å². The lowest BCUT2D eigenvalue weighted by Crippen LogP contribution is -2.17. The average molecular weight is 296 g/mol. The topological polar surface area (TPSA) is 17.1 Å². The average Bonchev–Trinajstić information content (AvgIpc) is 3.32. The molecule has 0 N–H and O–H groups in total. The van der Waals surface area contributed by atoms with Crippen LogP contribution < -0.4 is 0 Å². The second kappa shape index (κ2) is 5.69. The number of carbonyl (C=O) groups is 1. The first-order valence-corrected chi connectivity index (χ1v) is 8.64. The number of Topliss-reactive ketones (excluding diaryl/α,β-unsaturated/α-hetero) is 1. The summed E-state index contributed by atoms with van der Waals surface area (Å²) < 4.78 is 0. The maximum Gasteiger partial charge on any atom is 0.173 e. The fraction of sp³-hybridized carbons (Fsp3) is 0.316. The largest absolute Gasteiger partial charge is 0.293 e. The number of rotatable bonds is 4. The minimum absolute atomic E-state index is 0.272. The predicted octanol–water partition coefficient (Wildman–Crippen LogP) is 5.06. The van der Waals surface area contributed by atoms with Crippen molar-refractivity contribution < 1.29 is 4.79 Å². The van der Waals surface area contributed by atoms with Crippen molar-refractivity contribution in [1.82, 2.24) is 0 Å². The van der Waals surface area contributed by atoms with E-state index in [9.17, 15) is 4.79 Å². The van der Waals surface area contributed by atoms with Gasteiger partial charge in [-0.25, -0.2) is 0 Å². The molecular formula is C19H20OS. The summed E-state index contributed by atoms with van der Waals surface area (Å²) in [6.45, 7) is 2.16. The second-order valence-corrected chi connectivity index (χ2v) is 6.74. The van der Waals surface area contributed by atoms with Crippen LogP contribution in [0.25, 0.3) is 0 Å². The van der Waals surface area contributed by atoms with Crippen molar-refractivity contribution in [3.8, 4) is 0 Å². The standard InChI is InChI=1S/C19H20OS/c1-14-4-3-5-16(9-6-14)19(12-13-19)18(20)15-7-10-17(21-2)11-8-15/h3-11,14H,12-13H2,1-2H3. The van der Waals surface area contributed by atoms with Crippen LogP contribution in [0.3, 0.4) is 0 Å². The number of allylic oxidation sites excluding steroid dienone is 6. The Labute approximate surface area is 130 Å². The summed E-state index contributed by atoms with van der Waals surface area (Å²) in [5, 5.41) is 0. The maximum atomic E-state index is 12.9. The highest BCUT2D eigenvalue weighted by atomic mass is 32.2. The molecule has 0 aliphatic heterocycles. The molecule has 0 bridgehead atoms. The van der Waals surface area contributed by atoms with E-state index in [0.29, 0.717) is 5.92 Å². The molecule has 1 unspecified atom stereocenters. The molecule has 2 aliphatic carbocycles. The lowest BCUT2D eigenvalue weighted by molar-refractivity contribution is 0.0925. The molecule has 1 fully saturated rings. The Morgan fingerprint density at radius 3 is 2.52 bits per heavy atom. The van der Waals surface area contributed by atoms with Crippen molar-refractivity contribution in [1.29, 1.82) is 0 Å². The van der Waals surface area contributed by atoms with Gasteiger partial charge in [-0.2, -0.15) is 0 Å². The van der Waals surface area contributed by atoms with Gasteiger partial charge in [-0.1, -0.05) is 49.4 Å². The maximum absolute atomic E-state index is 12.9. The van der Waals surface area contributed by atoms with E-state index >= 15 is 0 Å². The molecule has 1 saturated carbocycles. The molecule has 21 heavy (non-hydrogen) atoms. The van der Waals surface area contributed by atoms with Gasteiger partial charge in [-0.3, -0.25) is 4.79 Å². The number of hydrogen-bond donors (Lipinski definition) is 0. The van der Waals surface area contributed by atoms with Crippen LogP contribution in [-0.4, -0.2) is 12.0 Å². The second-order valence-electron chi connectivity index (χ2n) is 5.86. The normalized spacial score (nSPS) is 22.6.